The second-order valence-electron chi connectivity index (χ2n) is 4.84. The fraction of sp³-hybridized carbons (Fsp3) is 0.375. The number of carbonyl (C=O) groups excluding carboxylic acids is 2. The van der Waals surface area contributed by atoms with Crippen LogP contribution in [0.5, 0.6) is 0 Å². The average Bonchev–Trinajstić information content (AvgIpc) is 2.49. The number of carbonyl (C=O) groups is 2. The third kappa shape index (κ3) is 3.70. The first-order valence-electron chi connectivity index (χ1n) is 6.82. The second kappa shape index (κ2) is 6.89. The Labute approximate surface area is 119 Å². The first-order chi connectivity index (χ1) is 9.70. The normalized spacial score (nSPS) is 16.1. The molecule has 0 saturated carbocycles. The Bertz CT molecular complexity index is 508. The number of hydrogen-bond acceptors (Lipinski definition) is 3. The lowest BCUT2D eigenvalue weighted by molar-refractivity contribution is -0.137. The zero-order valence-corrected chi connectivity index (χ0v) is 11.7. The lowest BCUT2D eigenvalue weighted by atomic mass is 10.1. The highest BCUT2D eigenvalue weighted by molar-refractivity contribution is 5.95. The van der Waals surface area contributed by atoms with E-state index < -0.39 is 0 Å². The van der Waals surface area contributed by atoms with Crippen molar-refractivity contribution < 1.29 is 14.3 Å². The van der Waals surface area contributed by atoms with Crippen molar-refractivity contribution >= 4 is 18.0 Å². The summed E-state index contributed by atoms with van der Waals surface area (Å²) in [4.78, 5) is 25.4. The Morgan fingerprint density at radius 3 is 2.70 bits per heavy atom. The number of nitrogens with zero attached hydrogens (tertiary/aromatic N) is 1. The Morgan fingerprint density at radius 2 is 2.05 bits per heavy atom. The zero-order valence-electron chi connectivity index (χ0n) is 11.7. The van der Waals surface area contributed by atoms with Crippen molar-refractivity contribution in [3.63, 3.8) is 0 Å². The van der Waals surface area contributed by atoms with Gasteiger partial charge in [0, 0.05) is 13.0 Å². The number of esters is 1. The van der Waals surface area contributed by atoms with Gasteiger partial charge in [-0.15, -0.1) is 0 Å². The molecule has 0 atom stereocenters. The molecule has 1 aromatic rings. The van der Waals surface area contributed by atoms with Gasteiger partial charge >= 0.3 is 5.97 Å². The van der Waals surface area contributed by atoms with E-state index >= 15 is 0 Å². The molecular formula is C16H19NO3. The Hall–Kier alpha value is -2.10. The number of likely N-dealkylation sites (tertiary alicyclic amines) is 1. The van der Waals surface area contributed by atoms with Crippen molar-refractivity contribution in [2.75, 3.05) is 20.2 Å². The molecule has 4 heteroatoms. The predicted octanol–water partition coefficient (Wildman–Crippen LogP) is 2.26. The van der Waals surface area contributed by atoms with E-state index in [1.54, 1.807) is 11.0 Å². The summed E-state index contributed by atoms with van der Waals surface area (Å²) < 4.78 is 4.82. The fourth-order valence-corrected chi connectivity index (χ4v) is 2.29. The second-order valence-corrected chi connectivity index (χ2v) is 4.84. The summed E-state index contributed by atoms with van der Waals surface area (Å²) in [5.41, 5.74) is 1.44. The number of piperidine rings is 1. The van der Waals surface area contributed by atoms with Gasteiger partial charge in [-0.05, 0) is 24.5 Å². The van der Waals surface area contributed by atoms with E-state index in [1.165, 1.54) is 7.11 Å². The molecule has 1 fully saturated rings. The van der Waals surface area contributed by atoms with Gasteiger partial charge in [-0.25, -0.2) is 4.79 Å². The number of hydrogen-bond donors (Lipinski definition) is 0. The van der Waals surface area contributed by atoms with Crippen molar-refractivity contribution in [2.45, 2.75) is 19.3 Å². The van der Waals surface area contributed by atoms with Crippen molar-refractivity contribution in [3.05, 3.63) is 41.5 Å². The zero-order chi connectivity index (χ0) is 14.4. The molecule has 106 valence electrons. The van der Waals surface area contributed by atoms with Crippen LogP contribution in [0.4, 0.5) is 0 Å². The average molecular weight is 273 g/mol. The number of benzene rings is 1. The van der Waals surface area contributed by atoms with E-state index in [9.17, 15) is 9.59 Å². The van der Waals surface area contributed by atoms with E-state index in [1.807, 2.05) is 30.3 Å². The van der Waals surface area contributed by atoms with Gasteiger partial charge in [0.15, 0.2) is 0 Å². The molecule has 20 heavy (non-hydrogen) atoms. The van der Waals surface area contributed by atoms with Gasteiger partial charge in [0.05, 0.1) is 19.2 Å². The molecule has 1 aliphatic rings. The summed E-state index contributed by atoms with van der Waals surface area (Å²) >= 11 is 0. The van der Waals surface area contributed by atoms with Crippen molar-refractivity contribution in [3.8, 4) is 0 Å². The van der Waals surface area contributed by atoms with E-state index in [0.29, 0.717) is 25.1 Å². The summed E-state index contributed by atoms with van der Waals surface area (Å²) in [6, 6.07) is 9.57. The van der Waals surface area contributed by atoms with Crippen LogP contribution in [0, 0.1) is 0 Å². The van der Waals surface area contributed by atoms with Crippen LogP contribution >= 0.6 is 0 Å². The highest BCUT2D eigenvalue weighted by Crippen LogP contribution is 2.15. The minimum atomic E-state index is -0.382. The third-order valence-corrected chi connectivity index (χ3v) is 3.37. The molecular weight excluding hydrogens is 254 g/mol. The van der Waals surface area contributed by atoms with E-state index in [4.69, 9.17) is 4.74 Å². The molecule has 4 nitrogen and oxygen atoms in total. The number of rotatable bonds is 4. The van der Waals surface area contributed by atoms with Crippen LogP contribution in [0.15, 0.2) is 35.9 Å². The maximum Gasteiger partial charge on any atom is 0.335 e. The van der Waals surface area contributed by atoms with Crippen LogP contribution in [0.2, 0.25) is 0 Å². The summed E-state index contributed by atoms with van der Waals surface area (Å²) in [6.07, 6.45) is 4.28. The largest absolute Gasteiger partial charge is 0.466 e. The smallest absolute Gasteiger partial charge is 0.335 e. The van der Waals surface area contributed by atoms with Crippen LogP contribution < -0.4 is 0 Å². The molecule has 0 unspecified atom stereocenters. The predicted molar refractivity (Wildman–Crippen MR) is 76.9 cm³/mol. The standard InChI is InChI=1S/C16H19NO3/c1-20-16(19)14(11-13-7-3-2-4-8-13)12-17-10-6-5-9-15(17)18/h2-4,7-8,11H,5-6,9-10,12H2,1H3/b14-11+. The van der Waals surface area contributed by atoms with Gasteiger partial charge < -0.3 is 9.64 Å². The molecule has 1 saturated heterocycles. The van der Waals surface area contributed by atoms with E-state index in [2.05, 4.69) is 0 Å². The fourth-order valence-electron chi connectivity index (χ4n) is 2.29. The van der Waals surface area contributed by atoms with Crippen LogP contribution in [0.3, 0.4) is 0 Å². The Kier molecular flexibility index (Phi) is 4.93. The Balaban J connectivity index is 2.17. The SMILES string of the molecule is COC(=O)/C(=C/c1ccccc1)CN1CCCCC1=O. The van der Waals surface area contributed by atoms with Gasteiger partial charge in [-0.1, -0.05) is 30.3 Å². The third-order valence-electron chi connectivity index (χ3n) is 3.37. The number of ether oxygens (including phenoxy) is 1. The van der Waals surface area contributed by atoms with Gasteiger partial charge in [0.2, 0.25) is 5.91 Å². The maximum atomic E-state index is 11.9. The highest BCUT2D eigenvalue weighted by Gasteiger charge is 2.21. The van der Waals surface area contributed by atoms with Gasteiger partial charge in [-0.3, -0.25) is 4.79 Å². The van der Waals surface area contributed by atoms with Crippen molar-refractivity contribution in [2.24, 2.45) is 0 Å². The number of methoxy groups -OCH3 is 1. The topological polar surface area (TPSA) is 46.6 Å². The van der Waals surface area contributed by atoms with Crippen molar-refractivity contribution in [1.82, 2.24) is 4.90 Å². The molecule has 1 heterocycles. The minimum absolute atomic E-state index is 0.110. The molecule has 1 aromatic carbocycles. The van der Waals surface area contributed by atoms with Crippen LogP contribution in [0.25, 0.3) is 6.08 Å². The molecule has 2 rings (SSSR count). The van der Waals surface area contributed by atoms with Gasteiger partial charge in [0.25, 0.3) is 0 Å². The number of amides is 1. The first kappa shape index (κ1) is 14.3. The molecule has 0 aliphatic carbocycles. The molecule has 0 N–H and O–H groups in total. The molecule has 1 aliphatic heterocycles. The first-order valence-corrected chi connectivity index (χ1v) is 6.82. The lowest BCUT2D eigenvalue weighted by Gasteiger charge is -2.27. The van der Waals surface area contributed by atoms with Crippen LogP contribution in [0.1, 0.15) is 24.8 Å². The molecule has 0 radical (unpaired) electrons. The van der Waals surface area contributed by atoms with Crippen LogP contribution in [-0.2, 0) is 14.3 Å². The monoisotopic (exact) mass is 273 g/mol. The summed E-state index contributed by atoms with van der Waals surface area (Å²) in [5, 5.41) is 0. The van der Waals surface area contributed by atoms with E-state index in [0.717, 1.165) is 18.4 Å². The quantitative estimate of drug-likeness (QED) is 0.624. The molecule has 0 bridgehead atoms. The lowest BCUT2D eigenvalue weighted by Crippen LogP contribution is -2.37. The maximum absolute atomic E-state index is 11.9. The molecule has 0 aromatic heterocycles. The molecule has 0 spiro atoms. The van der Waals surface area contributed by atoms with Gasteiger partial charge in [-0.2, -0.15) is 0 Å². The summed E-state index contributed by atoms with van der Waals surface area (Å²) in [6.45, 7) is 1.03. The minimum Gasteiger partial charge on any atom is -0.466 e. The highest BCUT2D eigenvalue weighted by atomic mass is 16.5. The van der Waals surface area contributed by atoms with E-state index in [-0.39, 0.29) is 11.9 Å². The molecule has 1 amide bonds. The van der Waals surface area contributed by atoms with Crippen LogP contribution in [-0.4, -0.2) is 37.0 Å². The van der Waals surface area contributed by atoms with Crippen molar-refractivity contribution in [1.29, 1.82) is 0 Å². The summed E-state index contributed by atoms with van der Waals surface area (Å²) in [7, 11) is 1.36. The Morgan fingerprint density at radius 1 is 1.30 bits per heavy atom. The summed E-state index contributed by atoms with van der Waals surface area (Å²) in [5.74, 6) is -0.272. The van der Waals surface area contributed by atoms with Gasteiger partial charge in [0.1, 0.15) is 0 Å².